The van der Waals surface area contributed by atoms with Crippen LogP contribution in [0.2, 0.25) is 0 Å². The normalized spacial score (nSPS) is 25.9. The van der Waals surface area contributed by atoms with E-state index in [4.69, 9.17) is 0 Å². The van der Waals surface area contributed by atoms with E-state index in [1.807, 2.05) is 0 Å². The Bertz CT molecular complexity index is 491. The van der Waals surface area contributed by atoms with Gasteiger partial charge >= 0.3 is 0 Å². The Kier molecular flexibility index (Phi) is 7.96. The van der Waals surface area contributed by atoms with Gasteiger partial charge in [-0.2, -0.15) is 5.26 Å². The van der Waals surface area contributed by atoms with Crippen molar-refractivity contribution in [3.8, 4) is 6.07 Å². The van der Waals surface area contributed by atoms with Crippen LogP contribution >= 0.6 is 0 Å². The maximum atomic E-state index is 12.6. The van der Waals surface area contributed by atoms with Gasteiger partial charge in [0.15, 0.2) is 0 Å². The Hall–Kier alpha value is -1.12. The number of likely N-dealkylation sites (tertiary alicyclic amines) is 2. The lowest BCUT2D eigenvalue weighted by atomic mass is 9.91. The zero-order valence-electron chi connectivity index (χ0n) is 17.1. The highest BCUT2D eigenvalue weighted by Crippen LogP contribution is 2.27. The van der Waals surface area contributed by atoms with Crippen LogP contribution in [0.3, 0.4) is 0 Å². The number of amides is 1. The van der Waals surface area contributed by atoms with Gasteiger partial charge in [0, 0.05) is 6.54 Å². The minimum Gasteiger partial charge on any atom is -0.337 e. The molecule has 5 nitrogen and oxygen atoms in total. The summed E-state index contributed by atoms with van der Waals surface area (Å²) in [6.45, 7) is 6.30. The van der Waals surface area contributed by atoms with Gasteiger partial charge in [0.25, 0.3) is 0 Å². The van der Waals surface area contributed by atoms with E-state index >= 15 is 0 Å². The third-order valence-electron chi connectivity index (χ3n) is 6.84. The van der Waals surface area contributed by atoms with Crippen molar-refractivity contribution in [2.75, 3.05) is 39.3 Å². The van der Waals surface area contributed by atoms with Crippen molar-refractivity contribution in [2.24, 2.45) is 5.92 Å². The first kappa shape index (κ1) is 20.6. The molecule has 1 N–H and O–H groups in total. The molecule has 1 amide bonds. The lowest BCUT2D eigenvalue weighted by Gasteiger charge is -2.35. The zero-order valence-corrected chi connectivity index (χ0v) is 17.1. The van der Waals surface area contributed by atoms with Crippen molar-refractivity contribution < 1.29 is 4.79 Å². The van der Waals surface area contributed by atoms with E-state index in [2.05, 4.69) is 21.2 Å². The highest BCUT2D eigenvalue weighted by Gasteiger charge is 2.33. The van der Waals surface area contributed by atoms with Gasteiger partial charge < -0.3 is 10.2 Å². The molecule has 2 saturated heterocycles. The fourth-order valence-corrected chi connectivity index (χ4v) is 5.12. The molecule has 1 saturated carbocycles. The van der Waals surface area contributed by atoms with Gasteiger partial charge in [0.05, 0.1) is 12.6 Å². The van der Waals surface area contributed by atoms with Crippen molar-refractivity contribution in [1.82, 2.24) is 15.1 Å². The van der Waals surface area contributed by atoms with E-state index in [9.17, 15) is 10.1 Å². The molecule has 2 aliphatic heterocycles. The van der Waals surface area contributed by atoms with Gasteiger partial charge in [-0.05, 0) is 70.6 Å². The molecule has 27 heavy (non-hydrogen) atoms. The van der Waals surface area contributed by atoms with Gasteiger partial charge in [0.2, 0.25) is 5.91 Å². The molecule has 0 bridgehead atoms. The number of piperidine rings is 1. The van der Waals surface area contributed by atoms with Gasteiger partial charge in [0.1, 0.15) is 5.54 Å². The van der Waals surface area contributed by atoms with E-state index in [1.165, 1.54) is 71.0 Å². The van der Waals surface area contributed by atoms with E-state index in [-0.39, 0.29) is 5.91 Å². The van der Waals surface area contributed by atoms with Crippen LogP contribution < -0.4 is 5.32 Å². The summed E-state index contributed by atoms with van der Waals surface area (Å²) in [5, 5.41) is 12.8. The molecule has 0 atom stereocenters. The molecule has 3 aliphatic rings. The summed E-state index contributed by atoms with van der Waals surface area (Å²) >= 11 is 0. The number of rotatable bonds is 5. The lowest BCUT2D eigenvalue weighted by molar-refractivity contribution is -0.124. The van der Waals surface area contributed by atoms with E-state index in [0.29, 0.717) is 6.54 Å². The number of nitrogens with one attached hydrogen (secondary N) is 1. The lowest BCUT2D eigenvalue weighted by Crippen LogP contribution is -2.51. The molecule has 0 aromatic rings. The standard InChI is InChI=1S/C22H38N4O/c23-19-22(11-5-1-2-6-12-22)24-21(27)18-26-15-9-20(10-16-26)17-25-13-7-3-4-8-14-25/h20H,1-18H2,(H,24,27). The number of nitriles is 1. The molecule has 3 fully saturated rings. The topological polar surface area (TPSA) is 59.4 Å². The van der Waals surface area contributed by atoms with E-state index in [0.717, 1.165) is 44.7 Å². The molecule has 0 aromatic heterocycles. The molecular weight excluding hydrogens is 336 g/mol. The highest BCUT2D eigenvalue weighted by molar-refractivity contribution is 5.79. The molecule has 1 aliphatic carbocycles. The molecule has 3 rings (SSSR count). The average molecular weight is 375 g/mol. The summed E-state index contributed by atoms with van der Waals surface area (Å²) in [6.07, 6.45) is 14.0. The van der Waals surface area contributed by atoms with Crippen molar-refractivity contribution in [3.05, 3.63) is 0 Å². The number of carbonyl (C=O) groups excluding carboxylic acids is 1. The van der Waals surface area contributed by atoms with Crippen LogP contribution in [0, 0.1) is 17.2 Å². The minimum atomic E-state index is -0.612. The quantitative estimate of drug-likeness (QED) is 0.750. The van der Waals surface area contributed by atoms with Crippen LogP contribution in [0.4, 0.5) is 0 Å². The largest absolute Gasteiger partial charge is 0.337 e. The van der Waals surface area contributed by atoms with Crippen LogP contribution in [0.25, 0.3) is 0 Å². The summed E-state index contributed by atoms with van der Waals surface area (Å²) in [5.74, 6) is 0.833. The van der Waals surface area contributed by atoms with Crippen molar-refractivity contribution in [1.29, 1.82) is 5.26 Å². The Morgan fingerprint density at radius 3 is 2.07 bits per heavy atom. The third kappa shape index (κ3) is 6.47. The van der Waals surface area contributed by atoms with E-state index < -0.39 is 5.54 Å². The Morgan fingerprint density at radius 1 is 0.889 bits per heavy atom. The molecule has 5 heteroatoms. The van der Waals surface area contributed by atoms with Crippen LogP contribution in [-0.2, 0) is 4.79 Å². The first-order chi connectivity index (χ1) is 13.2. The van der Waals surface area contributed by atoms with Crippen LogP contribution in [-0.4, -0.2) is 60.5 Å². The number of hydrogen-bond donors (Lipinski definition) is 1. The van der Waals surface area contributed by atoms with Crippen molar-refractivity contribution in [3.63, 3.8) is 0 Å². The highest BCUT2D eigenvalue weighted by atomic mass is 16.2. The second-order valence-corrected chi connectivity index (χ2v) is 9.09. The average Bonchev–Trinajstić information content (AvgIpc) is 3.07. The van der Waals surface area contributed by atoms with Gasteiger partial charge in [-0.3, -0.25) is 9.69 Å². The molecule has 0 radical (unpaired) electrons. The summed E-state index contributed by atoms with van der Waals surface area (Å²) < 4.78 is 0. The summed E-state index contributed by atoms with van der Waals surface area (Å²) in [5.41, 5.74) is -0.612. The zero-order chi connectivity index (χ0) is 19.0. The van der Waals surface area contributed by atoms with Crippen LogP contribution in [0.1, 0.15) is 77.0 Å². The van der Waals surface area contributed by atoms with Gasteiger partial charge in [-0.25, -0.2) is 0 Å². The molecule has 0 spiro atoms. The number of nitrogens with zero attached hydrogens (tertiary/aromatic N) is 3. The second kappa shape index (κ2) is 10.4. The fourth-order valence-electron chi connectivity index (χ4n) is 5.12. The smallest absolute Gasteiger partial charge is 0.235 e. The van der Waals surface area contributed by atoms with E-state index in [1.54, 1.807) is 0 Å². The number of carbonyl (C=O) groups is 1. The maximum absolute atomic E-state index is 12.6. The minimum absolute atomic E-state index is 0.0458. The van der Waals surface area contributed by atoms with Crippen LogP contribution in [0.15, 0.2) is 0 Å². The predicted octanol–water partition coefficient (Wildman–Crippen LogP) is 3.31. The molecular formula is C22H38N4O. The summed E-state index contributed by atoms with van der Waals surface area (Å²) in [4.78, 5) is 17.5. The molecule has 152 valence electrons. The van der Waals surface area contributed by atoms with Crippen molar-refractivity contribution >= 4 is 5.91 Å². The Balaban J connectivity index is 1.39. The molecule has 0 aromatic carbocycles. The molecule has 0 unspecified atom stereocenters. The van der Waals surface area contributed by atoms with Gasteiger partial charge in [-0.1, -0.05) is 38.5 Å². The number of hydrogen-bond acceptors (Lipinski definition) is 4. The Labute approximate surface area is 165 Å². The third-order valence-corrected chi connectivity index (χ3v) is 6.84. The van der Waals surface area contributed by atoms with Crippen molar-refractivity contribution in [2.45, 2.75) is 82.6 Å². The molecule has 2 heterocycles. The monoisotopic (exact) mass is 374 g/mol. The van der Waals surface area contributed by atoms with Crippen LogP contribution in [0.5, 0.6) is 0 Å². The summed E-state index contributed by atoms with van der Waals surface area (Å²) in [6, 6.07) is 2.43. The SMILES string of the molecule is N#CC1(NC(=O)CN2CCC(CN3CCCCCC3)CC2)CCCCCC1. The summed E-state index contributed by atoms with van der Waals surface area (Å²) in [7, 11) is 0. The predicted molar refractivity (Wildman–Crippen MR) is 108 cm³/mol. The first-order valence-corrected chi connectivity index (χ1v) is 11.4. The maximum Gasteiger partial charge on any atom is 0.235 e. The fraction of sp³-hybridized carbons (Fsp3) is 0.909. The Morgan fingerprint density at radius 2 is 1.48 bits per heavy atom. The van der Waals surface area contributed by atoms with Gasteiger partial charge in [-0.15, -0.1) is 0 Å². The first-order valence-electron chi connectivity index (χ1n) is 11.4. The second-order valence-electron chi connectivity index (χ2n) is 9.09.